The third kappa shape index (κ3) is 1.57. The van der Waals surface area contributed by atoms with Gasteiger partial charge in [-0.3, -0.25) is 4.79 Å². The van der Waals surface area contributed by atoms with Crippen LogP contribution < -0.4 is 0 Å². The maximum atomic E-state index is 11.0. The molecule has 2 atom stereocenters. The van der Waals surface area contributed by atoms with Gasteiger partial charge in [-0.25, -0.2) is 0 Å². The van der Waals surface area contributed by atoms with Crippen LogP contribution in [0.1, 0.15) is 24.8 Å². The first-order valence-corrected chi connectivity index (χ1v) is 4.48. The average Bonchev–Trinajstić information content (AvgIpc) is 2.82. The molecular formula is C11H12O2. The van der Waals surface area contributed by atoms with Gasteiger partial charge in [0.25, 0.3) is 0 Å². The Balaban J connectivity index is 2.16. The van der Waals surface area contributed by atoms with Crippen LogP contribution in [-0.2, 0) is 4.79 Å². The summed E-state index contributed by atoms with van der Waals surface area (Å²) in [6.45, 7) is 1.63. The van der Waals surface area contributed by atoms with Crippen molar-refractivity contribution in [2.75, 3.05) is 0 Å². The van der Waals surface area contributed by atoms with Crippen LogP contribution >= 0.6 is 0 Å². The monoisotopic (exact) mass is 176 g/mol. The van der Waals surface area contributed by atoms with E-state index in [0.29, 0.717) is 5.92 Å². The lowest BCUT2D eigenvalue weighted by Crippen LogP contribution is -1.94. The van der Waals surface area contributed by atoms with E-state index in [2.05, 4.69) is 0 Å². The Morgan fingerprint density at radius 1 is 1.54 bits per heavy atom. The zero-order valence-corrected chi connectivity index (χ0v) is 7.53. The van der Waals surface area contributed by atoms with E-state index < -0.39 is 0 Å². The highest BCUT2D eigenvalue weighted by Gasteiger charge is 2.41. The molecule has 1 aliphatic rings. The van der Waals surface area contributed by atoms with Crippen molar-refractivity contribution < 1.29 is 9.90 Å². The minimum Gasteiger partial charge on any atom is -0.508 e. The Morgan fingerprint density at radius 3 is 2.85 bits per heavy atom. The maximum Gasteiger partial charge on any atom is 0.133 e. The number of carbonyl (C=O) groups excluding carboxylic acids is 1. The highest BCUT2D eigenvalue weighted by molar-refractivity contribution is 5.82. The quantitative estimate of drug-likeness (QED) is 0.749. The van der Waals surface area contributed by atoms with E-state index in [1.807, 2.05) is 12.1 Å². The first-order chi connectivity index (χ1) is 6.18. The number of hydrogen-bond acceptors (Lipinski definition) is 2. The summed E-state index contributed by atoms with van der Waals surface area (Å²) in [6.07, 6.45) is 0.943. The third-order valence-corrected chi connectivity index (χ3v) is 2.61. The van der Waals surface area contributed by atoms with Gasteiger partial charge in [0.2, 0.25) is 0 Å². The van der Waals surface area contributed by atoms with E-state index in [9.17, 15) is 9.90 Å². The minimum absolute atomic E-state index is 0.196. The molecule has 0 spiro atoms. The second-order valence-electron chi connectivity index (χ2n) is 3.65. The van der Waals surface area contributed by atoms with Crippen molar-refractivity contribution in [3.8, 4) is 5.75 Å². The first-order valence-electron chi connectivity index (χ1n) is 4.48. The van der Waals surface area contributed by atoms with Crippen molar-refractivity contribution in [2.24, 2.45) is 5.92 Å². The molecule has 1 aromatic rings. The molecule has 2 nitrogen and oxygen atoms in total. The highest BCUT2D eigenvalue weighted by Crippen LogP contribution is 2.48. The zero-order chi connectivity index (χ0) is 9.42. The molecule has 0 aliphatic heterocycles. The largest absolute Gasteiger partial charge is 0.508 e. The number of phenols is 1. The van der Waals surface area contributed by atoms with Gasteiger partial charge in [0.1, 0.15) is 11.5 Å². The number of hydrogen-bond donors (Lipinski definition) is 1. The van der Waals surface area contributed by atoms with E-state index in [1.165, 1.54) is 0 Å². The van der Waals surface area contributed by atoms with Crippen LogP contribution in [0.3, 0.4) is 0 Å². The second-order valence-corrected chi connectivity index (χ2v) is 3.65. The Bertz CT molecular complexity index is 344. The Hall–Kier alpha value is -1.31. The molecule has 0 amide bonds. The smallest absolute Gasteiger partial charge is 0.133 e. The van der Waals surface area contributed by atoms with Crippen molar-refractivity contribution in [3.63, 3.8) is 0 Å². The van der Waals surface area contributed by atoms with E-state index in [1.54, 1.807) is 19.1 Å². The molecule has 2 rings (SSSR count). The van der Waals surface area contributed by atoms with Crippen LogP contribution in [-0.4, -0.2) is 10.9 Å². The van der Waals surface area contributed by atoms with Crippen molar-refractivity contribution >= 4 is 5.78 Å². The van der Waals surface area contributed by atoms with Gasteiger partial charge >= 0.3 is 0 Å². The molecule has 0 heterocycles. The topological polar surface area (TPSA) is 37.3 Å². The molecule has 1 aromatic carbocycles. The number of ketones is 1. The van der Waals surface area contributed by atoms with Crippen LogP contribution in [0, 0.1) is 5.92 Å². The van der Waals surface area contributed by atoms with Gasteiger partial charge in [0, 0.05) is 5.92 Å². The summed E-state index contributed by atoms with van der Waals surface area (Å²) in [5, 5.41) is 9.23. The highest BCUT2D eigenvalue weighted by atomic mass is 16.3. The van der Waals surface area contributed by atoms with E-state index in [4.69, 9.17) is 0 Å². The SMILES string of the molecule is CC(=O)C1CC1c1cccc(O)c1. The van der Waals surface area contributed by atoms with Crippen molar-refractivity contribution in [2.45, 2.75) is 19.3 Å². The van der Waals surface area contributed by atoms with Gasteiger partial charge in [-0.1, -0.05) is 12.1 Å². The molecule has 68 valence electrons. The molecule has 0 bridgehead atoms. The molecule has 1 aliphatic carbocycles. The van der Waals surface area contributed by atoms with Gasteiger partial charge in [-0.05, 0) is 37.0 Å². The van der Waals surface area contributed by atoms with Crippen LogP contribution in [0.4, 0.5) is 0 Å². The van der Waals surface area contributed by atoms with Crippen LogP contribution in [0.25, 0.3) is 0 Å². The lowest BCUT2D eigenvalue weighted by molar-refractivity contribution is -0.118. The van der Waals surface area contributed by atoms with Crippen LogP contribution in [0.5, 0.6) is 5.75 Å². The standard InChI is InChI=1S/C11H12O2/c1-7(12)10-6-11(10)8-3-2-4-9(13)5-8/h2-5,10-11,13H,6H2,1H3. The van der Waals surface area contributed by atoms with E-state index in [-0.39, 0.29) is 17.5 Å². The summed E-state index contributed by atoms with van der Waals surface area (Å²) >= 11 is 0. The summed E-state index contributed by atoms with van der Waals surface area (Å²) in [5.74, 6) is 1.09. The van der Waals surface area contributed by atoms with Crippen molar-refractivity contribution in [1.82, 2.24) is 0 Å². The molecule has 0 radical (unpaired) electrons. The predicted molar refractivity (Wildman–Crippen MR) is 49.6 cm³/mol. The molecule has 13 heavy (non-hydrogen) atoms. The van der Waals surface area contributed by atoms with Crippen molar-refractivity contribution in [3.05, 3.63) is 29.8 Å². The number of rotatable bonds is 2. The van der Waals surface area contributed by atoms with Crippen molar-refractivity contribution in [1.29, 1.82) is 0 Å². The number of benzene rings is 1. The lowest BCUT2D eigenvalue weighted by Gasteiger charge is -1.98. The van der Waals surface area contributed by atoms with Gasteiger partial charge in [-0.15, -0.1) is 0 Å². The first kappa shape index (κ1) is 8.30. The van der Waals surface area contributed by atoms with Gasteiger partial charge in [0.05, 0.1) is 0 Å². The molecular weight excluding hydrogens is 164 g/mol. The Morgan fingerprint density at radius 2 is 2.31 bits per heavy atom. The zero-order valence-electron chi connectivity index (χ0n) is 7.53. The maximum absolute atomic E-state index is 11.0. The van der Waals surface area contributed by atoms with E-state index >= 15 is 0 Å². The fourth-order valence-corrected chi connectivity index (χ4v) is 1.77. The normalized spacial score (nSPS) is 25.6. The third-order valence-electron chi connectivity index (χ3n) is 2.61. The molecule has 1 fully saturated rings. The Kier molecular flexibility index (Phi) is 1.83. The fraction of sp³-hybridized carbons (Fsp3) is 0.364. The fourth-order valence-electron chi connectivity index (χ4n) is 1.77. The second kappa shape index (κ2) is 2.87. The Labute approximate surface area is 77.2 Å². The molecule has 2 heteroatoms. The summed E-state index contributed by atoms with van der Waals surface area (Å²) in [4.78, 5) is 11.0. The number of Topliss-reactive ketones (excluding diaryl/α,β-unsaturated/α-hetero) is 1. The molecule has 0 aromatic heterocycles. The summed E-state index contributed by atoms with van der Waals surface area (Å²) < 4.78 is 0. The lowest BCUT2D eigenvalue weighted by atomic mass is 10.1. The molecule has 1 saturated carbocycles. The summed E-state index contributed by atoms with van der Waals surface area (Å²) in [7, 11) is 0. The van der Waals surface area contributed by atoms with E-state index in [0.717, 1.165) is 12.0 Å². The average molecular weight is 176 g/mol. The predicted octanol–water partition coefficient (Wildman–Crippen LogP) is 2.08. The number of aromatic hydroxyl groups is 1. The van der Waals surface area contributed by atoms with Gasteiger partial charge in [-0.2, -0.15) is 0 Å². The minimum atomic E-state index is 0.196. The van der Waals surface area contributed by atoms with Crippen LogP contribution in [0.15, 0.2) is 24.3 Å². The molecule has 1 N–H and O–H groups in total. The summed E-state index contributed by atoms with van der Waals surface area (Å²) in [6, 6.07) is 7.18. The summed E-state index contributed by atoms with van der Waals surface area (Å²) in [5.41, 5.74) is 1.08. The van der Waals surface area contributed by atoms with Gasteiger partial charge in [0.15, 0.2) is 0 Å². The number of phenolic OH excluding ortho intramolecular Hbond substituents is 1. The van der Waals surface area contributed by atoms with Gasteiger partial charge < -0.3 is 5.11 Å². The molecule has 2 unspecified atom stereocenters. The number of carbonyl (C=O) groups is 1. The molecule has 0 saturated heterocycles. The van der Waals surface area contributed by atoms with Crippen LogP contribution in [0.2, 0.25) is 0 Å².